The summed E-state index contributed by atoms with van der Waals surface area (Å²) < 4.78 is 6.00. The van der Waals surface area contributed by atoms with E-state index in [1.807, 2.05) is 61.2 Å². The molecule has 0 unspecified atom stereocenters. The number of hydrogen-bond acceptors (Lipinski definition) is 2. The first-order chi connectivity index (χ1) is 10.9. The Morgan fingerprint density at radius 1 is 1.13 bits per heavy atom. The molecule has 0 radical (unpaired) electrons. The van der Waals surface area contributed by atoms with E-state index in [2.05, 4.69) is 0 Å². The lowest BCUT2D eigenvalue weighted by atomic mass is 9.98. The van der Waals surface area contributed by atoms with Crippen LogP contribution in [0.3, 0.4) is 0 Å². The number of ether oxygens (including phenoxy) is 1. The molecule has 23 heavy (non-hydrogen) atoms. The minimum absolute atomic E-state index is 0.0236. The van der Waals surface area contributed by atoms with Crippen LogP contribution in [-0.4, -0.2) is 16.4 Å². The maximum Gasteiger partial charge on any atom is 0.258 e. The van der Waals surface area contributed by atoms with Crippen molar-refractivity contribution in [3.8, 4) is 5.75 Å². The summed E-state index contributed by atoms with van der Waals surface area (Å²) in [5.41, 5.74) is 3.05. The van der Waals surface area contributed by atoms with Crippen molar-refractivity contribution in [1.82, 2.24) is 4.90 Å². The van der Waals surface area contributed by atoms with Gasteiger partial charge in [-0.2, -0.15) is 0 Å². The molecule has 0 bridgehead atoms. The molecule has 0 saturated heterocycles. The van der Waals surface area contributed by atoms with Crippen LogP contribution in [0.1, 0.15) is 35.3 Å². The topological polar surface area (TPSA) is 29.5 Å². The first-order valence-electron chi connectivity index (χ1n) is 7.56. The molecule has 116 valence electrons. The van der Waals surface area contributed by atoms with Crippen molar-refractivity contribution in [3.05, 3.63) is 70.3 Å². The minimum Gasteiger partial charge on any atom is -0.483 e. The van der Waals surface area contributed by atoms with E-state index in [4.69, 9.17) is 16.3 Å². The van der Waals surface area contributed by atoms with Crippen LogP contribution >= 0.6 is 11.6 Å². The third kappa shape index (κ3) is 2.32. The van der Waals surface area contributed by atoms with Crippen LogP contribution in [0.15, 0.2) is 48.5 Å². The zero-order valence-corrected chi connectivity index (χ0v) is 13.7. The lowest BCUT2D eigenvalue weighted by molar-refractivity contribution is 0.0848. The quantitative estimate of drug-likeness (QED) is 0.772. The van der Waals surface area contributed by atoms with Gasteiger partial charge in [-0.05, 0) is 49.8 Å². The highest BCUT2D eigenvalue weighted by Crippen LogP contribution is 2.41. The van der Waals surface area contributed by atoms with Crippen LogP contribution in [0.4, 0.5) is 0 Å². The average molecular weight is 326 g/mol. The molecule has 3 nitrogen and oxygen atoms in total. The first-order valence-corrected chi connectivity index (χ1v) is 7.94. The van der Waals surface area contributed by atoms with Crippen LogP contribution in [-0.2, 0) is 6.54 Å². The molecule has 0 aromatic heterocycles. The fourth-order valence-corrected chi connectivity index (χ4v) is 3.36. The summed E-state index contributed by atoms with van der Waals surface area (Å²) in [6, 6.07) is 13.3. The summed E-state index contributed by atoms with van der Waals surface area (Å²) in [6.45, 7) is 4.54. The first kappa shape index (κ1) is 14.3. The number of hydrogen-bond donors (Lipinski definition) is 0. The number of benzene rings is 2. The zero-order chi connectivity index (χ0) is 16.2. The maximum absolute atomic E-state index is 12.8. The van der Waals surface area contributed by atoms with Crippen molar-refractivity contribution in [2.45, 2.75) is 26.0 Å². The van der Waals surface area contributed by atoms with E-state index >= 15 is 0 Å². The summed E-state index contributed by atoms with van der Waals surface area (Å²) in [5, 5.41) is 0.627. The summed E-state index contributed by atoms with van der Waals surface area (Å²) >= 11 is 6.16. The molecule has 2 aliphatic rings. The van der Waals surface area contributed by atoms with Gasteiger partial charge in [0, 0.05) is 16.1 Å². The van der Waals surface area contributed by atoms with Gasteiger partial charge in [-0.15, -0.1) is 0 Å². The largest absolute Gasteiger partial charge is 0.483 e. The molecular formula is C19H16ClNO2. The highest BCUT2D eigenvalue weighted by molar-refractivity contribution is 6.30. The van der Waals surface area contributed by atoms with Crippen LogP contribution < -0.4 is 4.74 Å². The molecule has 2 heterocycles. The Hall–Kier alpha value is -2.26. The molecule has 0 fully saturated rings. The van der Waals surface area contributed by atoms with Gasteiger partial charge in [-0.3, -0.25) is 4.79 Å². The van der Waals surface area contributed by atoms with Gasteiger partial charge in [-0.25, -0.2) is 0 Å². The van der Waals surface area contributed by atoms with Gasteiger partial charge in [0.05, 0.1) is 12.2 Å². The van der Waals surface area contributed by atoms with Gasteiger partial charge in [0.25, 0.3) is 5.91 Å². The molecular weight excluding hydrogens is 310 g/mol. The molecule has 2 aromatic carbocycles. The highest BCUT2D eigenvalue weighted by atomic mass is 35.5. The van der Waals surface area contributed by atoms with Crippen molar-refractivity contribution < 1.29 is 9.53 Å². The van der Waals surface area contributed by atoms with Gasteiger partial charge in [0.2, 0.25) is 0 Å². The lowest BCUT2D eigenvalue weighted by Gasteiger charge is -2.34. The Labute approximate surface area is 140 Å². The van der Waals surface area contributed by atoms with Crippen molar-refractivity contribution in [2.24, 2.45) is 0 Å². The molecule has 0 aliphatic carbocycles. The summed E-state index contributed by atoms with van der Waals surface area (Å²) in [5.74, 6) is 0.774. The number of rotatable bonds is 1. The van der Waals surface area contributed by atoms with Gasteiger partial charge in [0.1, 0.15) is 11.4 Å². The molecule has 2 aliphatic heterocycles. The van der Waals surface area contributed by atoms with E-state index in [0.29, 0.717) is 11.6 Å². The Morgan fingerprint density at radius 3 is 2.70 bits per heavy atom. The molecule has 0 spiro atoms. The fraction of sp³-hybridized carbons (Fsp3) is 0.211. The second kappa shape index (κ2) is 4.87. The van der Waals surface area contributed by atoms with E-state index in [1.54, 1.807) is 6.07 Å². The predicted molar refractivity (Wildman–Crippen MR) is 90.5 cm³/mol. The Balaban J connectivity index is 1.84. The van der Waals surface area contributed by atoms with Crippen LogP contribution in [0.5, 0.6) is 5.75 Å². The van der Waals surface area contributed by atoms with Gasteiger partial charge in [0.15, 0.2) is 0 Å². The zero-order valence-electron chi connectivity index (χ0n) is 13.0. The summed E-state index contributed by atoms with van der Waals surface area (Å²) in [7, 11) is 0. The van der Waals surface area contributed by atoms with Crippen LogP contribution in [0.25, 0.3) is 5.70 Å². The van der Waals surface area contributed by atoms with Crippen molar-refractivity contribution in [3.63, 3.8) is 0 Å². The van der Waals surface area contributed by atoms with Crippen molar-refractivity contribution in [2.75, 3.05) is 0 Å². The minimum atomic E-state index is -0.481. The number of carbonyl (C=O) groups excluding carboxylic acids is 1. The smallest absolute Gasteiger partial charge is 0.258 e. The monoisotopic (exact) mass is 325 g/mol. The normalized spacial score (nSPS) is 18.1. The fourth-order valence-electron chi connectivity index (χ4n) is 3.18. The molecule has 1 amide bonds. The molecule has 4 rings (SSSR count). The van der Waals surface area contributed by atoms with Gasteiger partial charge in [-0.1, -0.05) is 29.8 Å². The number of carbonyl (C=O) groups is 1. The average Bonchev–Trinajstić information content (AvgIpc) is 2.84. The number of nitrogens with zero attached hydrogens (tertiary/aromatic N) is 1. The standard InChI is InChI=1S/C19H16ClNO2/c1-19(2)10-16(15-9-13(20)7-8-17(15)23-19)21-11-12-5-3-4-6-14(12)18(21)22/h3-10H,11H2,1-2H3. The lowest BCUT2D eigenvalue weighted by Crippen LogP contribution is -2.33. The third-order valence-corrected chi connectivity index (χ3v) is 4.42. The van der Waals surface area contributed by atoms with Crippen molar-refractivity contribution >= 4 is 23.2 Å². The SMILES string of the molecule is CC1(C)C=C(N2Cc3ccccc3C2=O)c2cc(Cl)ccc2O1. The van der Waals surface area contributed by atoms with Crippen molar-refractivity contribution in [1.29, 1.82) is 0 Å². The van der Waals surface area contributed by atoms with E-state index in [0.717, 1.165) is 28.1 Å². The van der Waals surface area contributed by atoms with Crippen LogP contribution in [0.2, 0.25) is 5.02 Å². The number of fused-ring (bicyclic) bond motifs is 2. The molecule has 0 atom stereocenters. The predicted octanol–water partition coefficient (Wildman–Crippen LogP) is 4.51. The van der Waals surface area contributed by atoms with E-state index in [1.165, 1.54) is 0 Å². The molecule has 0 saturated carbocycles. The van der Waals surface area contributed by atoms with E-state index in [9.17, 15) is 4.79 Å². The maximum atomic E-state index is 12.8. The van der Waals surface area contributed by atoms with E-state index < -0.39 is 5.60 Å². The number of halogens is 1. The second-order valence-electron chi connectivity index (χ2n) is 6.42. The van der Waals surface area contributed by atoms with Gasteiger partial charge < -0.3 is 9.64 Å². The Bertz CT molecular complexity index is 854. The molecule has 0 N–H and O–H groups in total. The van der Waals surface area contributed by atoms with Crippen LogP contribution in [0, 0.1) is 0 Å². The highest BCUT2D eigenvalue weighted by Gasteiger charge is 2.35. The molecule has 4 heteroatoms. The summed E-state index contributed by atoms with van der Waals surface area (Å²) in [6.07, 6.45) is 2.00. The number of amides is 1. The Kier molecular flexibility index (Phi) is 3.03. The van der Waals surface area contributed by atoms with Gasteiger partial charge >= 0.3 is 0 Å². The third-order valence-electron chi connectivity index (χ3n) is 4.19. The Morgan fingerprint density at radius 2 is 1.91 bits per heavy atom. The second-order valence-corrected chi connectivity index (χ2v) is 6.86. The summed E-state index contributed by atoms with van der Waals surface area (Å²) in [4.78, 5) is 14.6. The van der Waals surface area contributed by atoms with E-state index in [-0.39, 0.29) is 5.91 Å². The molecule has 2 aromatic rings.